The number of rotatable bonds is 3. The third-order valence-corrected chi connectivity index (χ3v) is 2.66. The van der Waals surface area contributed by atoms with Gasteiger partial charge in [-0.05, 0) is 15.9 Å². The van der Waals surface area contributed by atoms with Gasteiger partial charge in [0.2, 0.25) is 0 Å². The lowest BCUT2D eigenvalue weighted by atomic mass is 9.94. The van der Waals surface area contributed by atoms with Gasteiger partial charge in [-0.3, -0.25) is 0 Å². The van der Waals surface area contributed by atoms with Crippen LogP contribution in [0.2, 0.25) is 0 Å². The summed E-state index contributed by atoms with van der Waals surface area (Å²) in [7, 11) is 0.926. The van der Waals surface area contributed by atoms with Gasteiger partial charge in [0.1, 0.15) is 0 Å². The number of ether oxygens (including phenoxy) is 1. The summed E-state index contributed by atoms with van der Waals surface area (Å²) in [6, 6.07) is 6.87. The van der Waals surface area contributed by atoms with Crippen molar-refractivity contribution in [2.75, 3.05) is 7.11 Å². The second-order valence-corrected chi connectivity index (χ2v) is 4.06. The molecule has 0 aliphatic heterocycles. The van der Waals surface area contributed by atoms with E-state index < -0.39 is 16.4 Å². The summed E-state index contributed by atoms with van der Waals surface area (Å²) < 4.78 is 30.7. The Balaban J connectivity index is 3.32. The molecule has 1 aromatic rings. The molecule has 1 rings (SSSR count). The van der Waals surface area contributed by atoms with E-state index in [4.69, 9.17) is 0 Å². The van der Waals surface area contributed by atoms with E-state index in [0.29, 0.717) is 0 Å². The molecular formula is C10H9BrF2O3. The largest absolute Gasteiger partial charge is 0.466 e. The molecule has 0 spiro atoms. The molecule has 0 fully saturated rings. The summed E-state index contributed by atoms with van der Waals surface area (Å²) >= 11 is 2.00. The normalized spacial score (nSPS) is 15.3. The standard InChI is InChI=1S/C10H9BrF2O3/c1-16-8(14)9(15,10(11,12)13)7-5-3-2-4-6-7/h2-6,15H,1H3. The zero-order chi connectivity index (χ0) is 12.4. The van der Waals surface area contributed by atoms with Crippen LogP contribution in [0.25, 0.3) is 0 Å². The lowest BCUT2D eigenvalue weighted by Crippen LogP contribution is -2.48. The van der Waals surface area contributed by atoms with Gasteiger partial charge in [0.05, 0.1) is 7.11 Å². The van der Waals surface area contributed by atoms with Gasteiger partial charge >= 0.3 is 10.8 Å². The van der Waals surface area contributed by atoms with Crippen molar-refractivity contribution < 1.29 is 23.4 Å². The van der Waals surface area contributed by atoms with Crippen molar-refractivity contribution in [1.29, 1.82) is 0 Å². The van der Waals surface area contributed by atoms with E-state index in [2.05, 4.69) is 4.74 Å². The van der Waals surface area contributed by atoms with Gasteiger partial charge in [0.15, 0.2) is 0 Å². The number of hydrogen-bond acceptors (Lipinski definition) is 3. The quantitative estimate of drug-likeness (QED) is 0.685. The number of carbonyl (C=O) groups excluding carboxylic acids is 1. The molecule has 6 heteroatoms. The third-order valence-electron chi connectivity index (χ3n) is 2.08. The second kappa shape index (κ2) is 4.47. The van der Waals surface area contributed by atoms with Crippen LogP contribution in [-0.4, -0.2) is 23.0 Å². The maximum atomic E-state index is 13.3. The Labute approximate surface area is 99.2 Å². The first kappa shape index (κ1) is 13.1. The summed E-state index contributed by atoms with van der Waals surface area (Å²) in [5, 5.41) is 9.82. The van der Waals surface area contributed by atoms with E-state index >= 15 is 0 Å². The Morgan fingerprint density at radius 2 is 1.88 bits per heavy atom. The molecule has 1 atom stereocenters. The minimum Gasteiger partial charge on any atom is -0.466 e. The van der Waals surface area contributed by atoms with Crippen LogP contribution < -0.4 is 0 Å². The first-order chi connectivity index (χ1) is 7.34. The number of esters is 1. The van der Waals surface area contributed by atoms with Gasteiger partial charge in [0, 0.05) is 5.56 Å². The Bertz CT molecular complexity index is 377. The summed E-state index contributed by atoms with van der Waals surface area (Å²) in [6.07, 6.45) is 0. The predicted octanol–water partition coefficient (Wildman–Crippen LogP) is 2.03. The predicted molar refractivity (Wildman–Crippen MR) is 56.2 cm³/mol. The highest BCUT2D eigenvalue weighted by Crippen LogP contribution is 2.43. The molecule has 1 aromatic carbocycles. The number of methoxy groups -OCH3 is 1. The second-order valence-electron chi connectivity index (χ2n) is 3.07. The highest BCUT2D eigenvalue weighted by molar-refractivity contribution is 9.10. The highest BCUT2D eigenvalue weighted by Gasteiger charge is 2.59. The zero-order valence-electron chi connectivity index (χ0n) is 8.28. The smallest absolute Gasteiger partial charge is 0.350 e. The average Bonchev–Trinajstić information content (AvgIpc) is 2.26. The number of alkyl halides is 3. The van der Waals surface area contributed by atoms with Crippen LogP contribution in [0, 0.1) is 0 Å². The number of halogens is 3. The Morgan fingerprint density at radius 1 is 1.38 bits per heavy atom. The molecule has 0 radical (unpaired) electrons. The topological polar surface area (TPSA) is 46.5 Å². The minimum atomic E-state index is -3.82. The van der Waals surface area contributed by atoms with Crippen molar-refractivity contribution in [3.63, 3.8) is 0 Å². The molecule has 0 saturated heterocycles. The van der Waals surface area contributed by atoms with E-state index in [0.717, 1.165) is 7.11 Å². The van der Waals surface area contributed by atoms with Gasteiger partial charge < -0.3 is 9.84 Å². The fourth-order valence-electron chi connectivity index (χ4n) is 1.22. The minimum absolute atomic E-state index is 0.247. The van der Waals surface area contributed by atoms with Crippen molar-refractivity contribution in [3.8, 4) is 0 Å². The number of carbonyl (C=O) groups is 1. The summed E-state index contributed by atoms with van der Waals surface area (Å²) in [5.41, 5.74) is -3.29. The van der Waals surface area contributed by atoms with Crippen LogP contribution in [0.4, 0.5) is 8.78 Å². The van der Waals surface area contributed by atoms with E-state index in [1.807, 2.05) is 15.9 Å². The van der Waals surface area contributed by atoms with E-state index in [9.17, 15) is 18.7 Å². The molecule has 0 aliphatic carbocycles. The Kier molecular flexibility index (Phi) is 3.64. The van der Waals surface area contributed by atoms with E-state index in [-0.39, 0.29) is 5.56 Å². The fourth-order valence-corrected chi connectivity index (χ4v) is 1.62. The van der Waals surface area contributed by atoms with Gasteiger partial charge in [-0.2, -0.15) is 8.78 Å². The van der Waals surface area contributed by atoms with Crippen molar-refractivity contribution in [2.45, 2.75) is 10.4 Å². The zero-order valence-corrected chi connectivity index (χ0v) is 9.87. The fraction of sp³-hybridized carbons (Fsp3) is 0.300. The molecule has 3 nitrogen and oxygen atoms in total. The number of benzene rings is 1. The monoisotopic (exact) mass is 294 g/mol. The van der Waals surface area contributed by atoms with Crippen LogP contribution in [0.3, 0.4) is 0 Å². The van der Waals surface area contributed by atoms with Crippen molar-refractivity contribution in [3.05, 3.63) is 35.9 Å². The van der Waals surface area contributed by atoms with Crippen LogP contribution in [0.15, 0.2) is 30.3 Å². The summed E-state index contributed by atoms with van der Waals surface area (Å²) in [6.45, 7) is 0. The van der Waals surface area contributed by atoms with Crippen LogP contribution in [0.1, 0.15) is 5.56 Å². The van der Waals surface area contributed by atoms with E-state index in [1.165, 1.54) is 24.3 Å². The molecule has 0 amide bonds. The van der Waals surface area contributed by atoms with Crippen molar-refractivity contribution in [1.82, 2.24) is 0 Å². The third kappa shape index (κ3) is 2.08. The molecule has 0 aromatic heterocycles. The Morgan fingerprint density at radius 3 is 2.25 bits per heavy atom. The molecule has 1 unspecified atom stereocenters. The van der Waals surface area contributed by atoms with Gasteiger partial charge in [-0.1, -0.05) is 30.3 Å². The van der Waals surface area contributed by atoms with Crippen LogP contribution in [0.5, 0.6) is 0 Å². The van der Waals surface area contributed by atoms with E-state index in [1.54, 1.807) is 6.07 Å². The lowest BCUT2D eigenvalue weighted by Gasteiger charge is -2.29. The Hall–Kier alpha value is -1.01. The average molecular weight is 295 g/mol. The first-order valence-corrected chi connectivity index (χ1v) is 5.06. The lowest BCUT2D eigenvalue weighted by molar-refractivity contribution is -0.187. The van der Waals surface area contributed by atoms with Gasteiger partial charge in [0.25, 0.3) is 5.60 Å². The van der Waals surface area contributed by atoms with Crippen molar-refractivity contribution in [2.24, 2.45) is 0 Å². The molecule has 0 aliphatic rings. The SMILES string of the molecule is COC(=O)C(O)(c1ccccc1)C(F)(F)Br. The molecule has 0 bridgehead atoms. The molecule has 0 heterocycles. The van der Waals surface area contributed by atoms with Crippen LogP contribution in [-0.2, 0) is 15.1 Å². The highest BCUT2D eigenvalue weighted by atomic mass is 79.9. The molecular weight excluding hydrogens is 286 g/mol. The molecule has 0 saturated carbocycles. The summed E-state index contributed by atoms with van der Waals surface area (Å²) in [5.74, 6) is -1.43. The first-order valence-electron chi connectivity index (χ1n) is 4.27. The number of aliphatic hydroxyl groups is 1. The van der Waals surface area contributed by atoms with Crippen LogP contribution >= 0.6 is 15.9 Å². The maximum absolute atomic E-state index is 13.3. The van der Waals surface area contributed by atoms with Gasteiger partial charge in [-0.15, -0.1) is 0 Å². The van der Waals surface area contributed by atoms with Gasteiger partial charge in [-0.25, -0.2) is 4.79 Å². The van der Waals surface area contributed by atoms with Crippen molar-refractivity contribution >= 4 is 21.9 Å². The molecule has 88 valence electrons. The summed E-state index contributed by atoms with van der Waals surface area (Å²) in [4.78, 5) is 7.47. The molecule has 16 heavy (non-hydrogen) atoms. The molecule has 1 N–H and O–H groups in total. The number of hydrogen-bond donors (Lipinski definition) is 1. The maximum Gasteiger partial charge on any atom is 0.350 e.